The Balaban J connectivity index is 2.35. The van der Waals surface area contributed by atoms with E-state index >= 15 is 0 Å². The summed E-state index contributed by atoms with van der Waals surface area (Å²) in [4.78, 5) is 25.1. The second kappa shape index (κ2) is 7.86. The molecule has 7 heteroatoms. The molecule has 1 heterocycles. The minimum absolute atomic E-state index is 0.133. The molecule has 1 saturated heterocycles. The minimum atomic E-state index is -1.02. The lowest BCUT2D eigenvalue weighted by Crippen LogP contribution is -2.42. The Morgan fingerprint density at radius 1 is 1.48 bits per heavy atom. The number of carboxylic acids is 1. The number of carboxylic acid groups (broad SMARTS) is 1. The summed E-state index contributed by atoms with van der Waals surface area (Å²) in [6.07, 6.45) is 1.80. The summed E-state index contributed by atoms with van der Waals surface area (Å²) in [5.41, 5.74) is 1.31. The van der Waals surface area contributed by atoms with Crippen molar-refractivity contribution >= 4 is 36.2 Å². The number of hydrogen-bond acceptors (Lipinski definition) is 5. The van der Waals surface area contributed by atoms with Crippen molar-refractivity contribution < 1.29 is 19.4 Å². The third-order valence-corrected chi connectivity index (χ3v) is 4.74. The highest BCUT2D eigenvalue weighted by atomic mass is 35.5. The first-order valence-electron chi connectivity index (χ1n) is 7.11. The number of carbonyl (C=O) groups is 2. The molecule has 0 radical (unpaired) electrons. The fourth-order valence-corrected chi connectivity index (χ4v) is 3.21. The normalized spacial score (nSPS) is 21.9. The average molecular weight is 356 g/mol. The van der Waals surface area contributed by atoms with Gasteiger partial charge in [0.15, 0.2) is 0 Å². The summed E-state index contributed by atoms with van der Waals surface area (Å²) >= 11 is 10.7. The highest BCUT2D eigenvalue weighted by Gasteiger charge is 2.34. The topological polar surface area (TPSA) is 66.8 Å². The maximum atomic E-state index is 12.3. The van der Waals surface area contributed by atoms with E-state index in [1.54, 1.807) is 24.3 Å². The molecular formula is C16H18ClNO4S. The van der Waals surface area contributed by atoms with Crippen LogP contribution in [0.5, 0.6) is 0 Å². The minimum Gasteiger partial charge on any atom is -0.478 e. The van der Waals surface area contributed by atoms with Gasteiger partial charge in [-0.1, -0.05) is 29.8 Å². The number of methoxy groups -OCH3 is 1. The van der Waals surface area contributed by atoms with E-state index in [9.17, 15) is 9.59 Å². The molecule has 124 valence electrons. The van der Waals surface area contributed by atoms with E-state index < -0.39 is 18.0 Å². The Hall–Kier alpha value is -1.50. The van der Waals surface area contributed by atoms with Gasteiger partial charge in [0.2, 0.25) is 0 Å². The molecule has 1 aromatic rings. The molecule has 0 unspecified atom stereocenters. The monoisotopic (exact) mass is 355 g/mol. The summed E-state index contributed by atoms with van der Waals surface area (Å²) < 4.78 is 4.92. The van der Waals surface area contributed by atoms with Gasteiger partial charge >= 0.3 is 11.9 Å². The molecule has 0 amide bonds. The maximum Gasteiger partial charge on any atom is 0.328 e. The number of ether oxygens (including phenoxy) is 1. The van der Waals surface area contributed by atoms with Crippen molar-refractivity contribution in [1.29, 1.82) is 0 Å². The highest BCUT2D eigenvalue weighted by molar-refractivity contribution is 7.81. The summed E-state index contributed by atoms with van der Waals surface area (Å²) in [5.74, 6) is -1.45. The van der Waals surface area contributed by atoms with E-state index in [1.807, 2.05) is 4.90 Å². The number of nitrogens with zero attached hydrogens (tertiary/aromatic N) is 1. The molecule has 2 atom stereocenters. The van der Waals surface area contributed by atoms with Crippen LogP contribution in [-0.2, 0) is 14.3 Å². The van der Waals surface area contributed by atoms with E-state index in [0.717, 1.165) is 6.08 Å². The molecule has 0 aliphatic carbocycles. The molecule has 0 saturated carbocycles. The molecule has 2 rings (SSSR count). The van der Waals surface area contributed by atoms with Crippen molar-refractivity contribution in [3.63, 3.8) is 0 Å². The molecule has 1 aliphatic heterocycles. The van der Waals surface area contributed by atoms with Crippen LogP contribution < -0.4 is 0 Å². The van der Waals surface area contributed by atoms with Crippen LogP contribution >= 0.6 is 24.2 Å². The van der Waals surface area contributed by atoms with E-state index in [4.69, 9.17) is 21.4 Å². The fraction of sp³-hybridized carbons (Fsp3) is 0.375. The zero-order valence-corrected chi connectivity index (χ0v) is 14.3. The lowest BCUT2D eigenvalue weighted by atomic mass is 9.98. The smallest absolute Gasteiger partial charge is 0.328 e. The molecule has 23 heavy (non-hydrogen) atoms. The quantitative estimate of drug-likeness (QED) is 0.493. The predicted molar refractivity (Wildman–Crippen MR) is 90.9 cm³/mol. The van der Waals surface area contributed by atoms with Gasteiger partial charge in [-0.2, -0.15) is 12.6 Å². The van der Waals surface area contributed by atoms with Gasteiger partial charge in [-0.15, -0.1) is 0 Å². The summed E-state index contributed by atoms with van der Waals surface area (Å²) in [7, 11) is 1.32. The van der Waals surface area contributed by atoms with Crippen molar-refractivity contribution in [1.82, 2.24) is 4.90 Å². The van der Waals surface area contributed by atoms with Gasteiger partial charge < -0.3 is 9.84 Å². The number of benzene rings is 1. The molecule has 1 aliphatic rings. The van der Waals surface area contributed by atoms with Gasteiger partial charge in [0.05, 0.1) is 7.11 Å². The first-order chi connectivity index (χ1) is 10.9. The second-order valence-electron chi connectivity index (χ2n) is 5.28. The number of hydrogen-bond donors (Lipinski definition) is 2. The lowest BCUT2D eigenvalue weighted by molar-refractivity contribution is -0.147. The number of aliphatic carboxylic acids is 1. The first-order valence-corrected chi connectivity index (χ1v) is 8.01. The highest BCUT2D eigenvalue weighted by Crippen LogP contribution is 2.33. The SMILES string of the molecule is COC(=O)[C@H](c1ccccc1Cl)N1CC[C@@H](S)/C(=C\C(=O)O)C1. The van der Waals surface area contributed by atoms with Crippen LogP contribution in [0, 0.1) is 0 Å². The fourth-order valence-electron chi connectivity index (χ4n) is 2.69. The Bertz CT molecular complexity index is 634. The van der Waals surface area contributed by atoms with Crippen LogP contribution in [0.3, 0.4) is 0 Å². The first kappa shape index (κ1) is 17.8. The van der Waals surface area contributed by atoms with Crippen LogP contribution in [0.4, 0.5) is 0 Å². The number of likely N-dealkylation sites (tertiary alicyclic amines) is 1. The Morgan fingerprint density at radius 3 is 2.78 bits per heavy atom. The van der Waals surface area contributed by atoms with Gasteiger partial charge in [-0.3, -0.25) is 4.90 Å². The molecule has 5 nitrogen and oxygen atoms in total. The molecule has 1 aromatic carbocycles. The number of esters is 1. The Morgan fingerprint density at radius 2 is 2.17 bits per heavy atom. The number of piperidine rings is 1. The van der Waals surface area contributed by atoms with E-state index in [-0.39, 0.29) is 5.25 Å². The number of thiol groups is 1. The standard InChI is InChI=1S/C16H18ClNO4S/c1-22-16(21)15(11-4-2-3-5-12(11)17)18-7-6-13(23)10(9-18)8-14(19)20/h2-5,8,13,15,23H,6-7,9H2,1H3,(H,19,20)/b10-8-/t13-,15+/m1/s1. The Kier molecular flexibility index (Phi) is 6.10. The van der Waals surface area contributed by atoms with Crippen LogP contribution in [0.25, 0.3) is 0 Å². The van der Waals surface area contributed by atoms with Crippen LogP contribution in [0.1, 0.15) is 18.0 Å². The van der Waals surface area contributed by atoms with E-state index in [0.29, 0.717) is 35.7 Å². The zero-order valence-electron chi connectivity index (χ0n) is 12.6. The molecule has 0 aromatic heterocycles. The number of carbonyl (C=O) groups excluding carboxylic acids is 1. The third-order valence-electron chi connectivity index (χ3n) is 3.80. The number of halogens is 1. The van der Waals surface area contributed by atoms with Crippen molar-refractivity contribution in [3.8, 4) is 0 Å². The zero-order chi connectivity index (χ0) is 17.0. The second-order valence-corrected chi connectivity index (χ2v) is 6.31. The molecule has 1 N–H and O–H groups in total. The average Bonchev–Trinajstić information content (AvgIpc) is 2.51. The van der Waals surface area contributed by atoms with Crippen LogP contribution in [0.2, 0.25) is 5.02 Å². The summed E-state index contributed by atoms with van der Waals surface area (Å²) in [6, 6.07) is 6.40. The van der Waals surface area contributed by atoms with E-state index in [2.05, 4.69) is 12.6 Å². The third kappa shape index (κ3) is 4.28. The molecule has 0 bridgehead atoms. The largest absolute Gasteiger partial charge is 0.478 e. The van der Waals surface area contributed by atoms with Gasteiger partial charge in [-0.05, 0) is 23.6 Å². The Labute approximate surface area is 145 Å². The van der Waals surface area contributed by atoms with Crippen LogP contribution in [-0.4, -0.2) is 47.4 Å². The predicted octanol–water partition coefficient (Wildman–Crippen LogP) is 2.57. The lowest BCUT2D eigenvalue weighted by Gasteiger charge is -2.36. The maximum absolute atomic E-state index is 12.3. The molecule has 1 fully saturated rings. The van der Waals surface area contributed by atoms with E-state index in [1.165, 1.54) is 7.11 Å². The van der Waals surface area contributed by atoms with Crippen LogP contribution in [0.15, 0.2) is 35.9 Å². The van der Waals surface area contributed by atoms with Gasteiger partial charge in [0.25, 0.3) is 0 Å². The van der Waals surface area contributed by atoms with Gasteiger partial charge in [-0.25, -0.2) is 9.59 Å². The molecule has 0 spiro atoms. The van der Waals surface area contributed by atoms with Gasteiger partial charge in [0.1, 0.15) is 6.04 Å². The van der Waals surface area contributed by atoms with Crippen molar-refractivity contribution in [2.75, 3.05) is 20.2 Å². The molecular weight excluding hydrogens is 338 g/mol. The van der Waals surface area contributed by atoms with Crippen molar-refractivity contribution in [2.45, 2.75) is 17.7 Å². The summed E-state index contributed by atoms with van der Waals surface area (Å²) in [6.45, 7) is 0.918. The summed E-state index contributed by atoms with van der Waals surface area (Å²) in [5, 5.41) is 9.32. The number of rotatable bonds is 4. The van der Waals surface area contributed by atoms with Crippen molar-refractivity contribution in [3.05, 3.63) is 46.5 Å². The van der Waals surface area contributed by atoms with Crippen molar-refractivity contribution in [2.24, 2.45) is 0 Å². The van der Waals surface area contributed by atoms with Gasteiger partial charge in [0, 0.05) is 29.4 Å².